The maximum Gasteiger partial charge on any atom is 0.166 e. The number of aromatic amines is 1. The van der Waals surface area contributed by atoms with Crippen molar-refractivity contribution >= 4 is 39.1 Å². The van der Waals surface area contributed by atoms with E-state index in [-0.39, 0.29) is 5.82 Å². The van der Waals surface area contributed by atoms with E-state index in [9.17, 15) is 4.39 Å². The van der Waals surface area contributed by atoms with E-state index in [0.29, 0.717) is 28.6 Å². The molecule has 2 aromatic carbocycles. The van der Waals surface area contributed by atoms with Crippen molar-refractivity contribution in [1.29, 1.82) is 0 Å². The first-order valence-electron chi connectivity index (χ1n) is 6.43. The van der Waals surface area contributed by atoms with Crippen molar-refractivity contribution < 1.29 is 9.13 Å². The van der Waals surface area contributed by atoms with E-state index < -0.39 is 0 Å². The minimum absolute atomic E-state index is 0.303. The van der Waals surface area contributed by atoms with Crippen LogP contribution in [0.4, 0.5) is 10.1 Å². The molecule has 3 nitrogen and oxygen atoms in total. The molecule has 0 bridgehead atoms. The lowest BCUT2D eigenvalue weighted by molar-refractivity contribution is 0.322. The zero-order valence-corrected chi connectivity index (χ0v) is 11.7. The molecule has 1 heterocycles. The highest BCUT2D eigenvalue weighted by Crippen LogP contribution is 2.40. The first-order valence-corrected chi connectivity index (χ1v) is 6.81. The normalized spacial score (nSPS) is 11.3. The number of rotatable bonds is 3. The molecule has 5 heteroatoms. The summed E-state index contributed by atoms with van der Waals surface area (Å²) in [7, 11) is 0. The first kappa shape index (κ1) is 13.1. The van der Waals surface area contributed by atoms with E-state index in [1.807, 2.05) is 6.92 Å². The summed E-state index contributed by atoms with van der Waals surface area (Å²) in [6.07, 6.45) is 0.873. The molecule has 0 spiro atoms. The molecule has 0 saturated heterocycles. The largest absolute Gasteiger partial charge is 0.489 e. The maximum absolute atomic E-state index is 13.4. The van der Waals surface area contributed by atoms with Gasteiger partial charge in [-0.3, -0.25) is 0 Å². The highest BCUT2D eigenvalue weighted by molar-refractivity contribution is 6.38. The van der Waals surface area contributed by atoms with Gasteiger partial charge in [-0.05, 0) is 30.7 Å². The lowest BCUT2D eigenvalue weighted by Crippen LogP contribution is -2.00. The molecular formula is C15H14ClFN2O. The topological polar surface area (TPSA) is 51.0 Å². The Morgan fingerprint density at radius 3 is 2.90 bits per heavy atom. The number of H-pyrrole nitrogens is 1. The molecule has 0 aliphatic heterocycles. The molecule has 0 amide bonds. The number of fused-ring (bicyclic) bond motifs is 3. The van der Waals surface area contributed by atoms with Gasteiger partial charge in [-0.25, -0.2) is 4.39 Å². The van der Waals surface area contributed by atoms with Gasteiger partial charge in [-0.15, -0.1) is 0 Å². The van der Waals surface area contributed by atoms with E-state index in [1.165, 1.54) is 12.1 Å². The molecule has 3 rings (SSSR count). The molecular weight excluding hydrogens is 279 g/mol. The van der Waals surface area contributed by atoms with Crippen LogP contribution in [0, 0.1) is 5.82 Å². The van der Waals surface area contributed by atoms with Gasteiger partial charge >= 0.3 is 0 Å². The second kappa shape index (κ2) is 4.87. The van der Waals surface area contributed by atoms with Crippen molar-refractivity contribution in [3.63, 3.8) is 0 Å². The number of nitrogen functional groups attached to an aromatic ring is 1. The molecule has 0 saturated carbocycles. The van der Waals surface area contributed by atoms with Crippen molar-refractivity contribution in [2.45, 2.75) is 13.3 Å². The molecule has 0 radical (unpaired) electrons. The van der Waals surface area contributed by atoms with Crippen LogP contribution >= 0.6 is 11.6 Å². The Hall–Kier alpha value is -1.94. The van der Waals surface area contributed by atoms with Crippen LogP contribution in [-0.2, 0) is 0 Å². The second-order valence-electron chi connectivity index (χ2n) is 4.69. The van der Waals surface area contributed by atoms with Gasteiger partial charge in [-0.1, -0.05) is 18.5 Å². The highest BCUT2D eigenvalue weighted by atomic mass is 35.5. The molecule has 20 heavy (non-hydrogen) atoms. The fourth-order valence-electron chi connectivity index (χ4n) is 2.36. The Bertz CT molecular complexity index is 798. The third kappa shape index (κ3) is 1.96. The van der Waals surface area contributed by atoms with Gasteiger partial charge in [0, 0.05) is 16.3 Å². The summed E-state index contributed by atoms with van der Waals surface area (Å²) < 4.78 is 19.1. The monoisotopic (exact) mass is 292 g/mol. The number of nitrogens with one attached hydrogen (secondary N) is 1. The van der Waals surface area contributed by atoms with Crippen molar-refractivity contribution in [2.24, 2.45) is 0 Å². The Balaban J connectivity index is 2.37. The van der Waals surface area contributed by atoms with Crippen molar-refractivity contribution in [2.75, 3.05) is 12.3 Å². The van der Waals surface area contributed by atoms with E-state index in [0.717, 1.165) is 22.7 Å². The van der Waals surface area contributed by atoms with E-state index >= 15 is 0 Å². The quantitative estimate of drug-likeness (QED) is 0.699. The van der Waals surface area contributed by atoms with Crippen LogP contribution in [0.3, 0.4) is 0 Å². The Morgan fingerprint density at radius 1 is 1.35 bits per heavy atom. The van der Waals surface area contributed by atoms with E-state index in [2.05, 4.69) is 4.98 Å². The third-order valence-electron chi connectivity index (χ3n) is 3.22. The highest BCUT2D eigenvalue weighted by Gasteiger charge is 2.16. The summed E-state index contributed by atoms with van der Waals surface area (Å²) in [5.41, 5.74) is 7.96. The smallest absolute Gasteiger partial charge is 0.166 e. The number of hydrogen-bond acceptors (Lipinski definition) is 2. The standard InChI is InChI=1S/C15H14ClFN2O/c1-2-5-20-15-11(18)7-10(16)13-9-6-8(17)3-4-12(9)19-14(13)15/h3-4,6-7,19H,2,5,18H2,1H3. The summed E-state index contributed by atoms with van der Waals surface area (Å²) in [5, 5.41) is 1.95. The fourth-order valence-corrected chi connectivity index (χ4v) is 2.67. The third-order valence-corrected chi connectivity index (χ3v) is 3.52. The Labute approximate surface area is 120 Å². The molecule has 3 aromatic rings. The van der Waals surface area contributed by atoms with Gasteiger partial charge in [0.2, 0.25) is 0 Å². The number of ether oxygens (including phenoxy) is 1. The maximum atomic E-state index is 13.4. The van der Waals surface area contributed by atoms with Gasteiger partial charge in [0.15, 0.2) is 5.75 Å². The predicted octanol–water partition coefficient (Wildman–Crippen LogP) is 4.48. The Morgan fingerprint density at radius 2 is 2.15 bits per heavy atom. The van der Waals surface area contributed by atoms with Gasteiger partial charge < -0.3 is 15.5 Å². The molecule has 0 aliphatic rings. The van der Waals surface area contributed by atoms with Gasteiger partial charge in [0.1, 0.15) is 5.82 Å². The molecule has 0 aliphatic carbocycles. The lowest BCUT2D eigenvalue weighted by Gasteiger charge is -2.10. The number of aromatic nitrogens is 1. The van der Waals surface area contributed by atoms with E-state index in [1.54, 1.807) is 12.1 Å². The molecule has 104 valence electrons. The zero-order valence-electron chi connectivity index (χ0n) is 11.0. The summed E-state index contributed by atoms with van der Waals surface area (Å²) in [4.78, 5) is 3.21. The van der Waals surface area contributed by atoms with Gasteiger partial charge in [0.25, 0.3) is 0 Å². The Kier molecular flexibility index (Phi) is 3.18. The SMILES string of the molecule is CCCOc1c(N)cc(Cl)c2c1[nH]c1ccc(F)cc12. The van der Waals surface area contributed by atoms with E-state index in [4.69, 9.17) is 22.1 Å². The van der Waals surface area contributed by atoms with Crippen LogP contribution in [0.25, 0.3) is 21.8 Å². The van der Waals surface area contributed by atoms with Crippen molar-refractivity contribution in [3.05, 3.63) is 35.1 Å². The predicted molar refractivity (Wildman–Crippen MR) is 81.0 cm³/mol. The van der Waals surface area contributed by atoms with Gasteiger partial charge in [-0.2, -0.15) is 0 Å². The number of hydrogen-bond donors (Lipinski definition) is 2. The molecule has 1 aromatic heterocycles. The van der Waals surface area contributed by atoms with Crippen LogP contribution in [0.2, 0.25) is 5.02 Å². The zero-order chi connectivity index (χ0) is 14.3. The summed E-state index contributed by atoms with van der Waals surface area (Å²) >= 11 is 6.26. The van der Waals surface area contributed by atoms with Crippen LogP contribution < -0.4 is 10.5 Å². The van der Waals surface area contributed by atoms with Crippen LogP contribution in [0.1, 0.15) is 13.3 Å². The summed E-state index contributed by atoms with van der Waals surface area (Å²) in [5.74, 6) is 0.269. The molecule has 3 N–H and O–H groups in total. The van der Waals surface area contributed by atoms with Crippen molar-refractivity contribution in [1.82, 2.24) is 4.98 Å². The molecule has 0 atom stereocenters. The van der Waals surface area contributed by atoms with Crippen LogP contribution in [0.5, 0.6) is 5.75 Å². The number of nitrogens with two attached hydrogens (primary N) is 1. The minimum atomic E-state index is -0.303. The molecule has 0 unspecified atom stereocenters. The number of anilines is 1. The summed E-state index contributed by atoms with van der Waals surface area (Å²) in [6.45, 7) is 2.58. The van der Waals surface area contributed by atoms with Crippen LogP contribution in [-0.4, -0.2) is 11.6 Å². The van der Waals surface area contributed by atoms with Gasteiger partial charge in [0.05, 0.1) is 22.8 Å². The lowest BCUT2D eigenvalue weighted by atomic mass is 10.1. The minimum Gasteiger partial charge on any atom is -0.489 e. The number of benzene rings is 2. The first-order chi connectivity index (χ1) is 9.61. The second-order valence-corrected chi connectivity index (χ2v) is 5.10. The average Bonchev–Trinajstić information content (AvgIpc) is 2.77. The van der Waals surface area contributed by atoms with Crippen molar-refractivity contribution in [3.8, 4) is 5.75 Å². The molecule has 0 fully saturated rings. The van der Waals surface area contributed by atoms with Crippen LogP contribution in [0.15, 0.2) is 24.3 Å². The average molecular weight is 293 g/mol. The summed E-state index contributed by atoms with van der Waals surface area (Å²) in [6, 6.07) is 6.19. The number of halogens is 2. The fraction of sp³-hybridized carbons (Fsp3) is 0.200.